The largest absolute Gasteiger partial charge is 0.469 e. The van der Waals surface area contributed by atoms with Crippen molar-refractivity contribution in [3.63, 3.8) is 0 Å². The van der Waals surface area contributed by atoms with Gasteiger partial charge in [-0.25, -0.2) is 0 Å². The van der Waals surface area contributed by atoms with Gasteiger partial charge in [0.25, 0.3) is 0 Å². The standard InChI is InChI=1S/C11H13NO4/c1-15-11(14)8-5-10(13)12(6-8)7-9-3-2-4-16-9/h2-4,8H,5-7H2,1H3/t8-/m0/s1. The van der Waals surface area contributed by atoms with Crippen molar-refractivity contribution >= 4 is 11.9 Å². The minimum atomic E-state index is -0.340. The van der Waals surface area contributed by atoms with Gasteiger partial charge < -0.3 is 14.1 Å². The van der Waals surface area contributed by atoms with Crippen LogP contribution in [0.3, 0.4) is 0 Å². The number of esters is 1. The molecule has 0 unspecified atom stereocenters. The van der Waals surface area contributed by atoms with Gasteiger partial charge in [0.1, 0.15) is 5.76 Å². The molecule has 0 aromatic carbocycles. The van der Waals surface area contributed by atoms with Crippen molar-refractivity contribution in [1.82, 2.24) is 4.90 Å². The Morgan fingerprint density at radius 3 is 3.12 bits per heavy atom. The maximum atomic E-state index is 11.6. The highest BCUT2D eigenvalue weighted by Crippen LogP contribution is 2.21. The summed E-state index contributed by atoms with van der Waals surface area (Å²) in [5.41, 5.74) is 0. The second kappa shape index (κ2) is 4.38. The number of carbonyl (C=O) groups is 2. The summed E-state index contributed by atoms with van der Waals surface area (Å²) in [6, 6.07) is 3.58. The molecule has 2 rings (SSSR count). The predicted molar refractivity (Wildman–Crippen MR) is 54.2 cm³/mol. The molecule has 0 aliphatic carbocycles. The molecule has 1 aromatic rings. The van der Waals surface area contributed by atoms with Gasteiger partial charge >= 0.3 is 5.97 Å². The summed E-state index contributed by atoms with van der Waals surface area (Å²) < 4.78 is 9.78. The molecular formula is C11H13NO4. The van der Waals surface area contributed by atoms with Crippen LogP contribution in [-0.4, -0.2) is 30.4 Å². The molecule has 0 spiro atoms. The Hall–Kier alpha value is -1.78. The van der Waals surface area contributed by atoms with Crippen molar-refractivity contribution in [3.05, 3.63) is 24.2 Å². The Labute approximate surface area is 93.0 Å². The van der Waals surface area contributed by atoms with Gasteiger partial charge in [0.05, 0.1) is 25.8 Å². The van der Waals surface area contributed by atoms with E-state index in [1.54, 1.807) is 23.3 Å². The summed E-state index contributed by atoms with van der Waals surface area (Å²) in [7, 11) is 1.34. The number of likely N-dealkylation sites (tertiary alicyclic amines) is 1. The van der Waals surface area contributed by atoms with Crippen LogP contribution in [0.5, 0.6) is 0 Å². The van der Waals surface area contributed by atoms with E-state index in [1.807, 2.05) is 0 Å². The van der Waals surface area contributed by atoms with E-state index in [1.165, 1.54) is 7.11 Å². The third-order valence-corrected chi connectivity index (χ3v) is 2.68. The minimum absolute atomic E-state index is 0.0354. The number of furan rings is 1. The lowest BCUT2D eigenvalue weighted by Gasteiger charge is -2.14. The van der Waals surface area contributed by atoms with E-state index < -0.39 is 0 Å². The zero-order chi connectivity index (χ0) is 11.5. The molecule has 0 N–H and O–H groups in total. The average Bonchev–Trinajstić information content (AvgIpc) is 2.89. The van der Waals surface area contributed by atoms with Crippen LogP contribution in [-0.2, 0) is 20.9 Å². The first-order valence-electron chi connectivity index (χ1n) is 5.08. The Morgan fingerprint density at radius 1 is 1.69 bits per heavy atom. The SMILES string of the molecule is COC(=O)[C@H]1CC(=O)N(Cc2ccco2)C1. The van der Waals surface area contributed by atoms with E-state index in [0.29, 0.717) is 13.1 Å². The smallest absolute Gasteiger partial charge is 0.310 e. The van der Waals surface area contributed by atoms with Gasteiger partial charge in [-0.1, -0.05) is 0 Å². The van der Waals surface area contributed by atoms with Crippen LogP contribution in [0, 0.1) is 5.92 Å². The fourth-order valence-corrected chi connectivity index (χ4v) is 1.84. The molecule has 86 valence electrons. The zero-order valence-corrected chi connectivity index (χ0v) is 9.01. The molecule has 2 heterocycles. The minimum Gasteiger partial charge on any atom is -0.469 e. The van der Waals surface area contributed by atoms with Crippen molar-refractivity contribution in [2.75, 3.05) is 13.7 Å². The van der Waals surface area contributed by atoms with E-state index in [4.69, 9.17) is 4.42 Å². The Balaban J connectivity index is 1.97. The fourth-order valence-electron chi connectivity index (χ4n) is 1.84. The molecule has 1 aromatic heterocycles. The number of carbonyl (C=O) groups excluding carboxylic acids is 2. The second-order valence-electron chi connectivity index (χ2n) is 3.78. The van der Waals surface area contributed by atoms with Gasteiger partial charge in [-0.15, -0.1) is 0 Å². The third kappa shape index (κ3) is 2.08. The highest BCUT2D eigenvalue weighted by atomic mass is 16.5. The van der Waals surface area contributed by atoms with E-state index in [2.05, 4.69) is 4.74 Å². The van der Waals surface area contributed by atoms with Gasteiger partial charge in [-0.05, 0) is 12.1 Å². The molecule has 1 amide bonds. The van der Waals surface area contributed by atoms with Crippen LogP contribution >= 0.6 is 0 Å². The topological polar surface area (TPSA) is 59.8 Å². The molecule has 0 radical (unpaired) electrons. The molecule has 5 heteroatoms. The highest BCUT2D eigenvalue weighted by molar-refractivity contribution is 5.86. The Bertz CT molecular complexity index is 385. The lowest BCUT2D eigenvalue weighted by molar-refractivity contribution is -0.145. The van der Waals surface area contributed by atoms with E-state index in [9.17, 15) is 9.59 Å². The van der Waals surface area contributed by atoms with E-state index in [-0.39, 0.29) is 24.2 Å². The molecule has 5 nitrogen and oxygen atoms in total. The van der Waals surface area contributed by atoms with E-state index >= 15 is 0 Å². The summed E-state index contributed by atoms with van der Waals surface area (Å²) in [5, 5.41) is 0. The molecule has 16 heavy (non-hydrogen) atoms. The summed E-state index contributed by atoms with van der Waals surface area (Å²) in [4.78, 5) is 24.5. The van der Waals surface area contributed by atoms with Crippen LogP contribution in [0.4, 0.5) is 0 Å². The van der Waals surface area contributed by atoms with Crippen molar-refractivity contribution in [1.29, 1.82) is 0 Å². The van der Waals surface area contributed by atoms with Crippen LogP contribution in [0.2, 0.25) is 0 Å². The average molecular weight is 223 g/mol. The van der Waals surface area contributed by atoms with Crippen molar-refractivity contribution in [2.45, 2.75) is 13.0 Å². The Morgan fingerprint density at radius 2 is 2.50 bits per heavy atom. The quantitative estimate of drug-likeness (QED) is 0.711. The number of nitrogens with zero attached hydrogens (tertiary/aromatic N) is 1. The molecule has 1 aliphatic rings. The maximum Gasteiger partial charge on any atom is 0.310 e. The number of hydrogen-bond donors (Lipinski definition) is 0. The van der Waals surface area contributed by atoms with Gasteiger partial charge in [-0.3, -0.25) is 9.59 Å². The molecule has 1 aliphatic heterocycles. The molecule has 1 fully saturated rings. The first-order valence-corrected chi connectivity index (χ1v) is 5.08. The maximum absolute atomic E-state index is 11.6. The monoisotopic (exact) mass is 223 g/mol. The first-order chi connectivity index (χ1) is 7.70. The lowest BCUT2D eigenvalue weighted by Crippen LogP contribution is -2.25. The molecule has 0 bridgehead atoms. The van der Waals surface area contributed by atoms with Crippen LogP contribution in [0.15, 0.2) is 22.8 Å². The number of methoxy groups -OCH3 is 1. The van der Waals surface area contributed by atoms with Crippen LogP contribution < -0.4 is 0 Å². The second-order valence-corrected chi connectivity index (χ2v) is 3.78. The van der Waals surface area contributed by atoms with Gasteiger partial charge in [0.15, 0.2) is 0 Å². The zero-order valence-electron chi connectivity index (χ0n) is 9.01. The normalized spacial score (nSPS) is 20.2. The molecular weight excluding hydrogens is 210 g/mol. The lowest BCUT2D eigenvalue weighted by atomic mass is 10.1. The third-order valence-electron chi connectivity index (χ3n) is 2.68. The summed E-state index contributed by atoms with van der Waals surface area (Å²) in [6.45, 7) is 0.825. The van der Waals surface area contributed by atoms with Crippen LogP contribution in [0.25, 0.3) is 0 Å². The number of rotatable bonds is 3. The van der Waals surface area contributed by atoms with Gasteiger partial charge in [0, 0.05) is 13.0 Å². The van der Waals surface area contributed by atoms with Crippen molar-refractivity contribution in [2.24, 2.45) is 5.92 Å². The van der Waals surface area contributed by atoms with Gasteiger partial charge in [0.2, 0.25) is 5.91 Å². The number of amides is 1. The summed E-state index contributed by atoms with van der Waals surface area (Å²) in [6.07, 6.45) is 1.79. The summed E-state index contributed by atoms with van der Waals surface area (Å²) in [5.74, 6) is 0.0217. The number of hydrogen-bond acceptors (Lipinski definition) is 4. The van der Waals surface area contributed by atoms with E-state index in [0.717, 1.165) is 5.76 Å². The molecule has 1 saturated heterocycles. The Kier molecular flexibility index (Phi) is 2.94. The fraction of sp³-hybridized carbons (Fsp3) is 0.455. The van der Waals surface area contributed by atoms with Crippen molar-refractivity contribution in [3.8, 4) is 0 Å². The number of ether oxygens (including phenoxy) is 1. The first kappa shape index (κ1) is 10.7. The molecule has 0 saturated carbocycles. The predicted octanol–water partition coefficient (Wildman–Crippen LogP) is 0.801. The van der Waals surface area contributed by atoms with Gasteiger partial charge in [-0.2, -0.15) is 0 Å². The van der Waals surface area contributed by atoms with Crippen LogP contribution in [0.1, 0.15) is 12.2 Å². The highest BCUT2D eigenvalue weighted by Gasteiger charge is 2.35. The summed E-state index contributed by atoms with van der Waals surface area (Å²) >= 11 is 0. The molecule has 1 atom stereocenters. The van der Waals surface area contributed by atoms with Crippen molar-refractivity contribution < 1.29 is 18.7 Å².